The highest BCUT2D eigenvalue weighted by Crippen LogP contribution is 2.26. The molecule has 0 spiro atoms. The average molecular weight is 270 g/mol. The number of carboxylic acid groups (broad SMARTS) is 1. The summed E-state index contributed by atoms with van der Waals surface area (Å²) in [5, 5.41) is 9.34. The zero-order chi connectivity index (χ0) is 13.1. The molecule has 0 aliphatic carbocycles. The Morgan fingerprint density at radius 3 is 2.67 bits per heavy atom. The summed E-state index contributed by atoms with van der Waals surface area (Å²) in [6.07, 6.45) is 0. The second-order valence-corrected chi connectivity index (χ2v) is 5.39. The minimum Gasteiger partial charge on any atom is -0.480 e. The Morgan fingerprint density at radius 2 is 2.11 bits per heavy atom. The number of nitrogens with two attached hydrogens (primary N) is 1. The second-order valence-electron chi connectivity index (χ2n) is 4.17. The van der Waals surface area contributed by atoms with Gasteiger partial charge in [0.2, 0.25) is 0 Å². The number of aliphatic carboxylic acids is 1. The molecule has 3 N–H and O–H groups in total. The van der Waals surface area contributed by atoms with Crippen LogP contribution in [0.4, 0.5) is 10.1 Å². The molecule has 18 heavy (non-hydrogen) atoms. The maximum absolute atomic E-state index is 13.4. The number of nitrogens with zero attached hydrogens (tertiary/aromatic N) is 1. The molecule has 0 amide bonds. The predicted molar refractivity (Wildman–Crippen MR) is 70.1 cm³/mol. The van der Waals surface area contributed by atoms with Crippen LogP contribution in [-0.2, 0) is 4.79 Å². The first kappa shape index (κ1) is 13.2. The molecule has 0 saturated carbocycles. The van der Waals surface area contributed by atoms with E-state index in [4.69, 9.17) is 5.73 Å². The van der Waals surface area contributed by atoms with Gasteiger partial charge in [-0.3, -0.25) is 9.69 Å². The molecule has 1 heterocycles. The molecule has 1 saturated heterocycles. The van der Waals surface area contributed by atoms with Crippen molar-refractivity contribution in [3.8, 4) is 0 Å². The summed E-state index contributed by atoms with van der Waals surface area (Å²) >= 11 is 1.80. The summed E-state index contributed by atoms with van der Waals surface area (Å²) in [6, 6.07) is 3.43. The zero-order valence-electron chi connectivity index (χ0n) is 9.80. The number of nitrogen functional groups attached to an aromatic ring is 1. The van der Waals surface area contributed by atoms with Gasteiger partial charge >= 0.3 is 5.97 Å². The van der Waals surface area contributed by atoms with Gasteiger partial charge in [-0.1, -0.05) is 6.07 Å². The van der Waals surface area contributed by atoms with Gasteiger partial charge in [-0.15, -0.1) is 0 Å². The first-order valence-corrected chi connectivity index (χ1v) is 6.84. The lowest BCUT2D eigenvalue weighted by Crippen LogP contribution is -2.39. The molecule has 0 aromatic heterocycles. The maximum Gasteiger partial charge on any atom is 0.325 e. The van der Waals surface area contributed by atoms with Crippen LogP contribution in [-0.4, -0.2) is 40.6 Å². The lowest BCUT2D eigenvalue weighted by Gasteiger charge is -2.31. The molecule has 1 fully saturated rings. The van der Waals surface area contributed by atoms with E-state index < -0.39 is 17.8 Å². The van der Waals surface area contributed by atoms with E-state index in [1.165, 1.54) is 12.1 Å². The van der Waals surface area contributed by atoms with Gasteiger partial charge < -0.3 is 10.8 Å². The van der Waals surface area contributed by atoms with Gasteiger partial charge in [0.05, 0.1) is 5.69 Å². The smallest absolute Gasteiger partial charge is 0.325 e. The minimum absolute atomic E-state index is 0.0390. The van der Waals surface area contributed by atoms with Crippen LogP contribution in [0.2, 0.25) is 0 Å². The number of halogens is 1. The highest BCUT2D eigenvalue weighted by atomic mass is 32.2. The van der Waals surface area contributed by atoms with E-state index in [-0.39, 0.29) is 5.69 Å². The molecule has 2 rings (SSSR count). The highest BCUT2D eigenvalue weighted by molar-refractivity contribution is 7.99. The molecule has 6 heteroatoms. The Labute approximate surface area is 109 Å². The van der Waals surface area contributed by atoms with Crippen LogP contribution in [0, 0.1) is 5.82 Å². The predicted octanol–water partition coefficient (Wildman–Crippen LogP) is 1.58. The SMILES string of the molecule is Nc1ccc(C(C(=O)O)N2CCSCC2)cc1F. The van der Waals surface area contributed by atoms with E-state index in [1.807, 2.05) is 4.90 Å². The first-order chi connectivity index (χ1) is 8.59. The molecule has 1 aliphatic rings. The van der Waals surface area contributed by atoms with Crippen molar-refractivity contribution in [2.24, 2.45) is 0 Å². The lowest BCUT2D eigenvalue weighted by molar-refractivity contribution is -0.143. The summed E-state index contributed by atoms with van der Waals surface area (Å²) in [4.78, 5) is 13.3. The summed E-state index contributed by atoms with van der Waals surface area (Å²) < 4.78 is 13.4. The number of carbonyl (C=O) groups is 1. The Hall–Kier alpha value is -1.27. The van der Waals surface area contributed by atoms with E-state index in [0.717, 1.165) is 11.5 Å². The molecule has 1 aliphatic heterocycles. The van der Waals surface area contributed by atoms with E-state index in [0.29, 0.717) is 18.7 Å². The van der Waals surface area contributed by atoms with Gasteiger partial charge in [0.15, 0.2) is 0 Å². The number of hydrogen-bond acceptors (Lipinski definition) is 4. The van der Waals surface area contributed by atoms with Gasteiger partial charge in [0.1, 0.15) is 11.9 Å². The second kappa shape index (κ2) is 5.58. The summed E-state index contributed by atoms with van der Waals surface area (Å²) in [7, 11) is 0. The monoisotopic (exact) mass is 270 g/mol. The van der Waals surface area contributed by atoms with Gasteiger partial charge in [0, 0.05) is 24.6 Å². The molecular formula is C12H15FN2O2S. The van der Waals surface area contributed by atoms with Gasteiger partial charge in [-0.25, -0.2) is 4.39 Å². The minimum atomic E-state index is -0.953. The summed E-state index contributed by atoms with van der Waals surface area (Å²) in [5.74, 6) is 0.291. The van der Waals surface area contributed by atoms with E-state index in [9.17, 15) is 14.3 Å². The molecule has 1 unspecified atom stereocenters. The third kappa shape index (κ3) is 2.76. The molecule has 0 bridgehead atoms. The van der Waals surface area contributed by atoms with Crippen molar-refractivity contribution in [1.29, 1.82) is 0 Å². The first-order valence-electron chi connectivity index (χ1n) is 5.69. The van der Waals surface area contributed by atoms with E-state index in [1.54, 1.807) is 17.8 Å². The largest absolute Gasteiger partial charge is 0.480 e. The van der Waals surface area contributed by atoms with Crippen LogP contribution < -0.4 is 5.73 Å². The van der Waals surface area contributed by atoms with Crippen molar-refractivity contribution in [1.82, 2.24) is 4.90 Å². The Morgan fingerprint density at radius 1 is 1.44 bits per heavy atom. The van der Waals surface area contributed by atoms with Gasteiger partial charge in [-0.2, -0.15) is 11.8 Å². The fourth-order valence-corrected chi connectivity index (χ4v) is 2.99. The molecule has 0 radical (unpaired) electrons. The molecular weight excluding hydrogens is 255 g/mol. The molecule has 1 aromatic carbocycles. The number of thioether (sulfide) groups is 1. The van der Waals surface area contributed by atoms with Crippen molar-refractivity contribution < 1.29 is 14.3 Å². The Kier molecular flexibility index (Phi) is 4.08. The van der Waals surface area contributed by atoms with Crippen molar-refractivity contribution >= 4 is 23.4 Å². The van der Waals surface area contributed by atoms with Crippen LogP contribution >= 0.6 is 11.8 Å². The standard InChI is InChI=1S/C12H15FN2O2S/c13-9-7-8(1-2-10(9)14)11(12(16)17)15-3-5-18-6-4-15/h1-2,7,11H,3-6,14H2,(H,16,17). The third-order valence-electron chi connectivity index (χ3n) is 2.98. The third-order valence-corrected chi connectivity index (χ3v) is 3.93. The molecule has 4 nitrogen and oxygen atoms in total. The van der Waals surface area contributed by atoms with Gasteiger partial charge in [-0.05, 0) is 17.7 Å². The van der Waals surface area contributed by atoms with Crippen LogP contribution in [0.25, 0.3) is 0 Å². The number of carboxylic acids is 1. The van der Waals surface area contributed by atoms with Crippen LogP contribution in [0.5, 0.6) is 0 Å². The number of benzene rings is 1. The van der Waals surface area contributed by atoms with Crippen LogP contribution in [0.15, 0.2) is 18.2 Å². The van der Waals surface area contributed by atoms with E-state index >= 15 is 0 Å². The van der Waals surface area contributed by atoms with E-state index in [2.05, 4.69) is 0 Å². The average Bonchev–Trinajstić information content (AvgIpc) is 2.35. The number of anilines is 1. The van der Waals surface area contributed by atoms with Crippen molar-refractivity contribution in [3.05, 3.63) is 29.6 Å². The number of rotatable bonds is 3. The zero-order valence-corrected chi connectivity index (χ0v) is 10.6. The fourth-order valence-electron chi connectivity index (χ4n) is 2.06. The van der Waals surface area contributed by atoms with Crippen molar-refractivity contribution in [3.63, 3.8) is 0 Å². The topological polar surface area (TPSA) is 66.6 Å². The van der Waals surface area contributed by atoms with Crippen molar-refractivity contribution in [2.75, 3.05) is 30.3 Å². The molecule has 1 aromatic rings. The fraction of sp³-hybridized carbons (Fsp3) is 0.417. The summed E-state index contributed by atoms with van der Waals surface area (Å²) in [5.41, 5.74) is 5.89. The Balaban J connectivity index is 2.28. The van der Waals surface area contributed by atoms with Crippen molar-refractivity contribution in [2.45, 2.75) is 6.04 Å². The summed E-state index contributed by atoms with van der Waals surface area (Å²) in [6.45, 7) is 1.40. The van der Waals surface area contributed by atoms with Crippen LogP contribution in [0.3, 0.4) is 0 Å². The maximum atomic E-state index is 13.4. The van der Waals surface area contributed by atoms with Gasteiger partial charge in [0.25, 0.3) is 0 Å². The quantitative estimate of drug-likeness (QED) is 0.816. The Bertz CT molecular complexity index is 450. The molecule has 98 valence electrons. The molecule has 1 atom stereocenters. The highest BCUT2D eigenvalue weighted by Gasteiger charge is 2.29. The lowest BCUT2D eigenvalue weighted by atomic mass is 10.0. The van der Waals surface area contributed by atoms with Crippen LogP contribution in [0.1, 0.15) is 11.6 Å². The number of hydrogen-bond donors (Lipinski definition) is 2. The normalized spacial score (nSPS) is 18.5.